The highest BCUT2D eigenvalue weighted by atomic mass is 16.6. The molecular formula is C18H23N5O3. The van der Waals surface area contributed by atoms with E-state index in [-0.39, 0.29) is 12.0 Å². The third-order valence-corrected chi connectivity index (χ3v) is 5.35. The number of hydrogen-bond acceptors (Lipinski definition) is 5. The molecule has 1 aromatic heterocycles. The molecule has 0 N–H and O–H groups in total. The van der Waals surface area contributed by atoms with Crippen LogP contribution in [0.4, 0.5) is 4.79 Å². The lowest BCUT2D eigenvalue weighted by Gasteiger charge is -2.25. The van der Waals surface area contributed by atoms with Crippen LogP contribution in [0.5, 0.6) is 0 Å². The van der Waals surface area contributed by atoms with Crippen molar-refractivity contribution >= 4 is 23.0 Å². The fraction of sp³-hybridized carbons (Fsp3) is 0.556. The number of amides is 2. The summed E-state index contributed by atoms with van der Waals surface area (Å²) in [7, 11) is 1.76. The highest BCUT2D eigenvalue weighted by molar-refractivity contribution is 5.77. The van der Waals surface area contributed by atoms with Crippen molar-refractivity contribution in [3.05, 3.63) is 24.3 Å². The Morgan fingerprint density at radius 3 is 2.92 bits per heavy atom. The fourth-order valence-corrected chi connectivity index (χ4v) is 3.91. The lowest BCUT2D eigenvalue weighted by Crippen LogP contribution is -2.37. The second-order valence-corrected chi connectivity index (χ2v) is 7.19. The van der Waals surface area contributed by atoms with Gasteiger partial charge in [-0.3, -0.25) is 4.79 Å². The molecule has 0 bridgehead atoms. The van der Waals surface area contributed by atoms with Crippen molar-refractivity contribution in [1.29, 1.82) is 0 Å². The van der Waals surface area contributed by atoms with E-state index in [0.29, 0.717) is 39.0 Å². The van der Waals surface area contributed by atoms with Gasteiger partial charge in [-0.2, -0.15) is 0 Å². The summed E-state index contributed by atoms with van der Waals surface area (Å²) < 4.78 is 7.38. The summed E-state index contributed by atoms with van der Waals surface area (Å²) in [6.07, 6.45) is 2.48. The quantitative estimate of drug-likeness (QED) is 0.834. The van der Waals surface area contributed by atoms with Gasteiger partial charge >= 0.3 is 6.09 Å². The number of fused-ring (bicyclic) bond motifs is 1. The van der Waals surface area contributed by atoms with Crippen molar-refractivity contribution in [2.24, 2.45) is 0 Å². The van der Waals surface area contributed by atoms with Gasteiger partial charge in [-0.1, -0.05) is 17.3 Å². The van der Waals surface area contributed by atoms with Gasteiger partial charge in [0.1, 0.15) is 11.1 Å². The van der Waals surface area contributed by atoms with Crippen molar-refractivity contribution < 1.29 is 14.3 Å². The van der Waals surface area contributed by atoms with Crippen LogP contribution in [0.1, 0.15) is 25.7 Å². The minimum Gasteiger partial charge on any atom is -0.441 e. The first-order valence-electron chi connectivity index (χ1n) is 9.06. The van der Waals surface area contributed by atoms with Crippen LogP contribution >= 0.6 is 0 Å². The molecule has 138 valence electrons. The fourth-order valence-electron chi connectivity index (χ4n) is 3.91. The van der Waals surface area contributed by atoms with E-state index in [1.807, 2.05) is 29.2 Å². The average molecular weight is 357 g/mol. The number of aryl methyl sites for hydroxylation is 1. The Morgan fingerprint density at radius 1 is 1.27 bits per heavy atom. The molecule has 8 nitrogen and oxygen atoms in total. The van der Waals surface area contributed by atoms with Crippen LogP contribution in [0.25, 0.3) is 11.0 Å². The van der Waals surface area contributed by atoms with E-state index in [1.165, 1.54) is 0 Å². The first-order chi connectivity index (χ1) is 12.6. The lowest BCUT2D eigenvalue weighted by atomic mass is 9.95. The number of ether oxygens (including phenoxy) is 1. The molecule has 0 saturated carbocycles. The van der Waals surface area contributed by atoms with E-state index in [4.69, 9.17) is 4.74 Å². The first-order valence-corrected chi connectivity index (χ1v) is 9.06. The Kier molecular flexibility index (Phi) is 4.26. The van der Waals surface area contributed by atoms with Crippen molar-refractivity contribution in [2.75, 3.05) is 26.7 Å². The Bertz CT molecular complexity index is 835. The number of hydrogen-bond donors (Lipinski definition) is 0. The molecule has 2 amide bonds. The van der Waals surface area contributed by atoms with Crippen LogP contribution in [0, 0.1) is 0 Å². The van der Waals surface area contributed by atoms with E-state index in [2.05, 4.69) is 10.3 Å². The third kappa shape index (κ3) is 3.11. The molecule has 1 spiro atoms. The Labute approximate surface area is 151 Å². The molecule has 0 unspecified atom stereocenters. The van der Waals surface area contributed by atoms with E-state index < -0.39 is 5.60 Å². The molecule has 26 heavy (non-hydrogen) atoms. The number of aromatic nitrogens is 3. The van der Waals surface area contributed by atoms with Crippen LogP contribution < -0.4 is 0 Å². The molecule has 4 rings (SSSR count). The smallest absolute Gasteiger partial charge is 0.410 e. The van der Waals surface area contributed by atoms with Gasteiger partial charge in [0.2, 0.25) is 5.91 Å². The zero-order chi connectivity index (χ0) is 18.1. The number of nitrogens with zero attached hydrogens (tertiary/aromatic N) is 5. The van der Waals surface area contributed by atoms with Crippen LogP contribution in [0.15, 0.2) is 24.3 Å². The molecule has 0 radical (unpaired) electrons. The third-order valence-electron chi connectivity index (χ3n) is 5.35. The zero-order valence-corrected chi connectivity index (χ0v) is 14.9. The number of para-hydroxylation sites is 1. The maximum Gasteiger partial charge on any atom is 0.410 e. The summed E-state index contributed by atoms with van der Waals surface area (Å²) in [6, 6.07) is 7.74. The number of likely N-dealkylation sites (tertiary alicyclic amines) is 1. The molecule has 2 aliphatic heterocycles. The monoisotopic (exact) mass is 357 g/mol. The van der Waals surface area contributed by atoms with Gasteiger partial charge in [0.25, 0.3) is 0 Å². The van der Waals surface area contributed by atoms with Crippen LogP contribution in [-0.4, -0.2) is 69.1 Å². The predicted octanol–water partition coefficient (Wildman–Crippen LogP) is 1.65. The minimum absolute atomic E-state index is 0.110. The van der Waals surface area contributed by atoms with E-state index in [0.717, 1.165) is 23.9 Å². The van der Waals surface area contributed by atoms with Crippen molar-refractivity contribution in [1.82, 2.24) is 24.8 Å². The van der Waals surface area contributed by atoms with Gasteiger partial charge in [-0.25, -0.2) is 9.48 Å². The van der Waals surface area contributed by atoms with Gasteiger partial charge in [0.05, 0.1) is 18.6 Å². The van der Waals surface area contributed by atoms with Gasteiger partial charge < -0.3 is 14.5 Å². The normalized spacial score (nSPS) is 23.5. The number of carbonyl (C=O) groups excluding carboxylic acids is 2. The molecule has 2 aromatic rings. The summed E-state index contributed by atoms with van der Waals surface area (Å²) >= 11 is 0. The second-order valence-electron chi connectivity index (χ2n) is 7.19. The zero-order valence-electron chi connectivity index (χ0n) is 14.9. The molecule has 1 atom stereocenters. The summed E-state index contributed by atoms with van der Waals surface area (Å²) in [5.41, 5.74) is 1.35. The van der Waals surface area contributed by atoms with Crippen molar-refractivity contribution in [2.45, 2.75) is 37.8 Å². The highest BCUT2D eigenvalue weighted by Crippen LogP contribution is 2.32. The number of carbonyl (C=O) groups is 2. The van der Waals surface area contributed by atoms with Gasteiger partial charge in [-0.05, 0) is 25.0 Å². The Morgan fingerprint density at radius 2 is 2.12 bits per heavy atom. The predicted molar refractivity (Wildman–Crippen MR) is 94.4 cm³/mol. The minimum atomic E-state index is -0.428. The molecule has 3 heterocycles. The van der Waals surface area contributed by atoms with E-state index >= 15 is 0 Å². The lowest BCUT2D eigenvalue weighted by molar-refractivity contribution is -0.131. The van der Waals surface area contributed by atoms with Gasteiger partial charge in [0, 0.05) is 33.0 Å². The maximum atomic E-state index is 12.7. The molecule has 2 aliphatic rings. The summed E-state index contributed by atoms with van der Waals surface area (Å²) in [5, 5.41) is 8.26. The summed E-state index contributed by atoms with van der Waals surface area (Å²) in [6.45, 7) is 2.45. The molecule has 2 saturated heterocycles. The summed E-state index contributed by atoms with van der Waals surface area (Å²) in [4.78, 5) is 27.9. The topological polar surface area (TPSA) is 80.6 Å². The molecule has 0 aliphatic carbocycles. The number of rotatable bonds is 3. The molecule has 2 fully saturated rings. The van der Waals surface area contributed by atoms with Gasteiger partial charge in [-0.15, -0.1) is 5.10 Å². The number of likely N-dealkylation sites (N-methyl/N-ethyl adjacent to an activating group) is 1. The SMILES string of the molecule is CN1C[C@]2(CCCN(C(=O)CCn3nnc4ccccc43)CC2)OC1=O. The van der Waals surface area contributed by atoms with Crippen LogP contribution in [0.3, 0.4) is 0 Å². The van der Waals surface area contributed by atoms with E-state index in [9.17, 15) is 9.59 Å². The largest absolute Gasteiger partial charge is 0.441 e. The van der Waals surface area contributed by atoms with Crippen LogP contribution in [-0.2, 0) is 16.1 Å². The molecule has 8 heteroatoms. The van der Waals surface area contributed by atoms with Crippen molar-refractivity contribution in [3.8, 4) is 0 Å². The van der Waals surface area contributed by atoms with Crippen LogP contribution in [0.2, 0.25) is 0 Å². The average Bonchev–Trinajstić information content (AvgIpc) is 3.09. The Hall–Kier alpha value is -2.64. The van der Waals surface area contributed by atoms with Crippen molar-refractivity contribution in [3.63, 3.8) is 0 Å². The van der Waals surface area contributed by atoms with E-state index in [1.54, 1.807) is 16.6 Å². The molecule has 1 aromatic carbocycles. The molecular weight excluding hydrogens is 334 g/mol. The Balaban J connectivity index is 1.36. The maximum absolute atomic E-state index is 12.7. The van der Waals surface area contributed by atoms with Gasteiger partial charge in [0.15, 0.2) is 0 Å². The first kappa shape index (κ1) is 16.8. The second kappa shape index (κ2) is 6.59. The highest BCUT2D eigenvalue weighted by Gasteiger charge is 2.44. The number of benzene rings is 1. The standard InChI is InChI=1S/C18H23N5O3/c1-21-13-18(26-17(21)25)8-4-10-22(12-9-18)16(24)7-11-23-15-6-3-2-5-14(15)19-20-23/h2-3,5-6H,4,7-13H2,1H3/t18-/m1/s1. The summed E-state index contributed by atoms with van der Waals surface area (Å²) in [5.74, 6) is 0.110.